The van der Waals surface area contributed by atoms with Crippen LogP contribution in [-0.4, -0.2) is 34.2 Å². The maximum Gasteiger partial charge on any atom is 0.266 e. The Bertz CT molecular complexity index is 1240. The van der Waals surface area contributed by atoms with Crippen LogP contribution in [0.1, 0.15) is 36.4 Å². The van der Waals surface area contributed by atoms with Crippen LogP contribution in [0, 0.1) is 13.8 Å². The van der Waals surface area contributed by atoms with Gasteiger partial charge in [-0.25, -0.2) is 4.99 Å². The molecule has 1 fully saturated rings. The van der Waals surface area contributed by atoms with Crippen molar-refractivity contribution in [1.29, 1.82) is 0 Å². The predicted octanol–water partition coefficient (Wildman–Crippen LogP) is 6.29. The topological polar surface area (TPSA) is 46.8 Å². The SMILES string of the molecule is CCc1ccccc1-n1c(C)cc(/C=C2\SC(=Nc3ccc(OC)cc3)N(CC)C2=O)c1C. The minimum absolute atomic E-state index is 0.00600. The standard InChI is InChI=1S/C27H29N3O2S/c1-6-20-10-8-9-11-24(20)30-18(3)16-21(19(30)4)17-25-26(31)29(7-2)27(33-25)28-22-12-14-23(32-5)15-13-22/h8-17H,6-7H2,1-5H3/b25-17-,28-27?. The second kappa shape index (κ2) is 9.71. The lowest BCUT2D eigenvalue weighted by molar-refractivity contribution is -0.122. The van der Waals surface area contributed by atoms with Gasteiger partial charge in [0.1, 0.15) is 5.75 Å². The fraction of sp³-hybridized carbons (Fsp3) is 0.259. The van der Waals surface area contributed by atoms with E-state index in [-0.39, 0.29) is 5.91 Å². The summed E-state index contributed by atoms with van der Waals surface area (Å²) < 4.78 is 7.50. The van der Waals surface area contributed by atoms with E-state index >= 15 is 0 Å². The van der Waals surface area contributed by atoms with Gasteiger partial charge in [-0.05, 0) is 92.6 Å². The number of aliphatic imine (C=N–C) groups is 1. The molecule has 0 bridgehead atoms. The van der Waals surface area contributed by atoms with Gasteiger partial charge in [-0.1, -0.05) is 25.1 Å². The summed E-state index contributed by atoms with van der Waals surface area (Å²) in [4.78, 5) is 20.3. The number of thioether (sulfide) groups is 1. The lowest BCUT2D eigenvalue weighted by atomic mass is 10.1. The third-order valence-corrected chi connectivity index (χ3v) is 6.88. The zero-order valence-corrected chi connectivity index (χ0v) is 20.6. The number of amides is 1. The molecule has 0 radical (unpaired) electrons. The van der Waals surface area contributed by atoms with Gasteiger partial charge >= 0.3 is 0 Å². The predicted molar refractivity (Wildman–Crippen MR) is 138 cm³/mol. The number of methoxy groups -OCH3 is 1. The largest absolute Gasteiger partial charge is 0.497 e. The van der Waals surface area contributed by atoms with E-state index in [2.05, 4.69) is 55.7 Å². The molecular formula is C27H29N3O2S. The van der Waals surface area contributed by atoms with Crippen LogP contribution < -0.4 is 4.74 Å². The molecule has 6 heteroatoms. The van der Waals surface area contributed by atoms with Gasteiger partial charge < -0.3 is 9.30 Å². The van der Waals surface area contributed by atoms with E-state index < -0.39 is 0 Å². The average Bonchev–Trinajstić information content (AvgIpc) is 3.28. The van der Waals surface area contributed by atoms with E-state index in [1.807, 2.05) is 37.3 Å². The Kier molecular flexibility index (Phi) is 6.75. The summed E-state index contributed by atoms with van der Waals surface area (Å²) in [6, 6.07) is 18.2. The lowest BCUT2D eigenvalue weighted by Gasteiger charge is -2.14. The summed E-state index contributed by atoms with van der Waals surface area (Å²) in [6.07, 6.45) is 2.97. The zero-order chi connectivity index (χ0) is 23.5. The Morgan fingerprint density at radius 1 is 1.06 bits per heavy atom. The lowest BCUT2D eigenvalue weighted by Crippen LogP contribution is -2.28. The van der Waals surface area contributed by atoms with Crippen LogP contribution in [0.2, 0.25) is 0 Å². The molecule has 0 saturated carbocycles. The highest BCUT2D eigenvalue weighted by molar-refractivity contribution is 8.18. The number of carbonyl (C=O) groups excluding carboxylic acids is 1. The molecule has 1 saturated heterocycles. The normalized spacial score (nSPS) is 16.3. The summed E-state index contributed by atoms with van der Waals surface area (Å²) in [5.41, 5.74) is 6.61. The highest BCUT2D eigenvalue weighted by Crippen LogP contribution is 2.35. The Morgan fingerprint density at radius 3 is 2.45 bits per heavy atom. The van der Waals surface area contributed by atoms with E-state index in [1.54, 1.807) is 12.0 Å². The summed E-state index contributed by atoms with van der Waals surface area (Å²) >= 11 is 1.43. The molecular weight excluding hydrogens is 430 g/mol. The zero-order valence-electron chi connectivity index (χ0n) is 19.8. The Hall–Kier alpha value is -3.25. The molecule has 0 N–H and O–H groups in total. The van der Waals surface area contributed by atoms with Crippen molar-refractivity contribution in [3.63, 3.8) is 0 Å². The second-order valence-electron chi connectivity index (χ2n) is 7.90. The van der Waals surface area contributed by atoms with Gasteiger partial charge in [0.05, 0.1) is 17.7 Å². The highest BCUT2D eigenvalue weighted by atomic mass is 32.2. The number of hydrogen-bond acceptors (Lipinski definition) is 4. The molecule has 33 heavy (non-hydrogen) atoms. The maximum absolute atomic E-state index is 13.1. The van der Waals surface area contributed by atoms with E-state index in [4.69, 9.17) is 9.73 Å². The average molecular weight is 460 g/mol. The van der Waals surface area contributed by atoms with E-state index in [0.717, 1.165) is 34.8 Å². The number of para-hydroxylation sites is 1. The third-order valence-electron chi connectivity index (χ3n) is 5.87. The van der Waals surface area contributed by atoms with Crippen LogP contribution in [0.15, 0.2) is 64.5 Å². The van der Waals surface area contributed by atoms with Crippen molar-refractivity contribution in [2.24, 2.45) is 4.99 Å². The van der Waals surface area contributed by atoms with Crippen LogP contribution in [-0.2, 0) is 11.2 Å². The maximum atomic E-state index is 13.1. The van der Waals surface area contributed by atoms with Crippen molar-refractivity contribution in [2.75, 3.05) is 13.7 Å². The molecule has 1 amide bonds. The number of benzene rings is 2. The molecule has 4 rings (SSSR count). The first-order valence-corrected chi connectivity index (χ1v) is 12.0. The van der Waals surface area contributed by atoms with Gasteiger partial charge in [0.2, 0.25) is 0 Å². The van der Waals surface area contributed by atoms with Gasteiger partial charge in [0.15, 0.2) is 5.17 Å². The number of amidine groups is 1. The van der Waals surface area contributed by atoms with Gasteiger partial charge in [-0.2, -0.15) is 0 Å². The fourth-order valence-corrected chi connectivity index (χ4v) is 5.16. The van der Waals surface area contributed by atoms with E-state index in [1.165, 1.54) is 23.0 Å². The second-order valence-corrected chi connectivity index (χ2v) is 8.91. The van der Waals surface area contributed by atoms with Crippen LogP contribution in [0.4, 0.5) is 5.69 Å². The van der Waals surface area contributed by atoms with Crippen LogP contribution in [0.3, 0.4) is 0 Å². The molecule has 0 atom stereocenters. The molecule has 1 aromatic heterocycles. The van der Waals surface area contributed by atoms with Crippen molar-refractivity contribution in [1.82, 2.24) is 9.47 Å². The van der Waals surface area contributed by atoms with Crippen LogP contribution >= 0.6 is 11.8 Å². The first-order chi connectivity index (χ1) is 16.0. The molecule has 170 valence electrons. The summed E-state index contributed by atoms with van der Waals surface area (Å²) in [5.74, 6) is 0.774. The van der Waals surface area contributed by atoms with Crippen molar-refractivity contribution in [3.8, 4) is 11.4 Å². The first-order valence-electron chi connectivity index (χ1n) is 11.2. The number of ether oxygens (including phenoxy) is 1. The fourth-order valence-electron chi connectivity index (χ4n) is 4.11. The number of aromatic nitrogens is 1. The molecule has 3 aromatic rings. The summed E-state index contributed by atoms with van der Waals surface area (Å²) in [6.45, 7) is 8.94. The van der Waals surface area contributed by atoms with Crippen molar-refractivity contribution in [3.05, 3.63) is 82.0 Å². The molecule has 0 aliphatic carbocycles. The van der Waals surface area contributed by atoms with E-state index in [0.29, 0.717) is 16.6 Å². The number of hydrogen-bond donors (Lipinski definition) is 0. The van der Waals surface area contributed by atoms with Gasteiger partial charge in [0, 0.05) is 23.6 Å². The Labute approximate surface area is 199 Å². The monoisotopic (exact) mass is 459 g/mol. The minimum Gasteiger partial charge on any atom is -0.497 e. The quantitative estimate of drug-likeness (QED) is 0.407. The summed E-state index contributed by atoms with van der Waals surface area (Å²) in [7, 11) is 1.64. The van der Waals surface area contributed by atoms with Gasteiger partial charge in [0.25, 0.3) is 5.91 Å². The van der Waals surface area contributed by atoms with Crippen molar-refractivity contribution in [2.45, 2.75) is 34.1 Å². The number of nitrogens with zero attached hydrogens (tertiary/aromatic N) is 3. The van der Waals surface area contributed by atoms with Crippen LogP contribution in [0.25, 0.3) is 11.8 Å². The van der Waals surface area contributed by atoms with E-state index in [9.17, 15) is 4.79 Å². The number of carbonyl (C=O) groups is 1. The molecule has 1 aliphatic heterocycles. The molecule has 2 heterocycles. The minimum atomic E-state index is -0.00600. The van der Waals surface area contributed by atoms with Crippen LogP contribution in [0.5, 0.6) is 5.75 Å². The highest BCUT2D eigenvalue weighted by Gasteiger charge is 2.32. The Morgan fingerprint density at radius 2 is 1.79 bits per heavy atom. The summed E-state index contributed by atoms with van der Waals surface area (Å²) in [5, 5.41) is 0.698. The smallest absolute Gasteiger partial charge is 0.266 e. The van der Waals surface area contributed by atoms with Gasteiger partial charge in [-0.3, -0.25) is 9.69 Å². The first kappa shape index (κ1) is 22.9. The number of likely N-dealkylation sites (N-methyl/N-ethyl adjacent to an activating group) is 1. The number of rotatable bonds is 6. The van der Waals surface area contributed by atoms with Crippen molar-refractivity contribution >= 4 is 34.6 Å². The van der Waals surface area contributed by atoms with Gasteiger partial charge in [-0.15, -0.1) is 0 Å². The molecule has 2 aromatic carbocycles. The third kappa shape index (κ3) is 4.48. The molecule has 0 spiro atoms. The number of aryl methyl sites for hydroxylation is 2. The Balaban J connectivity index is 1.69. The molecule has 0 unspecified atom stereocenters. The molecule has 1 aliphatic rings. The van der Waals surface area contributed by atoms with Crippen molar-refractivity contribution < 1.29 is 9.53 Å². The molecule has 5 nitrogen and oxygen atoms in total.